The van der Waals surface area contributed by atoms with Gasteiger partial charge >= 0.3 is 11.9 Å². The molecule has 1 aliphatic heterocycles. The first-order valence-corrected chi connectivity index (χ1v) is 7.65. The molecule has 10 nitrogen and oxygen atoms in total. The van der Waals surface area contributed by atoms with Gasteiger partial charge in [0.05, 0.1) is 12.1 Å². The van der Waals surface area contributed by atoms with Gasteiger partial charge in [0.15, 0.2) is 5.17 Å². The molecule has 0 aromatic carbocycles. The number of nitrogens with two attached hydrogens (primary N) is 1. The zero-order valence-corrected chi connectivity index (χ0v) is 13.8. The van der Waals surface area contributed by atoms with Crippen LogP contribution in [-0.2, 0) is 23.8 Å². The summed E-state index contributed by atoms with van der Waals surface area (Å²) in [4.78, 5) is 25.1. The van der Waals surface area contributed by atoms with Crippen molar-refractivity contribution in [3.05, 3.63) is 10.4 Å². The van der Waals surface area contributed by atoms with Crippen molar-refractivity contribution in [2.24, 2.45) is 16.8 Å². The fraction of sp³-hybridized carbons (Fsp3) is 0.750. The van der Waals surface area contributed by atoms with E-state index in [0.717, 1.165) is 11.8 Å². The maximum absolute atomic E-state index is 11.3. The second-order valence-corrected chi connectivity index (χ2v) is 6.10. The van der Waals surface area contributed by atoms with Crippen LogP contribution in [0.25, 0.3) is 10.4 Å². The number of azide groups is 1. The van der Waals surface area contributed by atoms with E-state index in [-0.39, 0.29) is 17.7 Å². The Labute approximate surface area is 137 Å². The predicted molar refractivity (Wildman–Crippen MR) is 82.5 cm³/mol. The van der Waals surface area contributed by atoms with Gasteiger partial charge in [-0.3, -0.25) is 15.0 Å². The van der Waals surface area contributed by atoms with Crippen molar-refractivity contribution in [1.82, 2.24) is 0 Å². The molecule has 1 rings (SSSR count). The van der Waals surface area contributed by atoms with Crippen molar-refractivity contribution in [3.63, 3.8) is 0 Å². The smallest absolute Gasteiger partial charge is 0.303 e. The van der Waals surface area contributed by atoms with Crippen LogP contribution >= 0.6 is 11.8 Å². The van der Waals surface area contributed by atoms with Gasteiger partial charge < -0.3 is 19.9 Å². The first-order chi connectivity index (χ1) is 10.8. The fourth-order valence-electron chi connectivity index (χ4n) is 2.21. The van der Waals surface area contributed by atoms with E-state index in [1.165, 1.54) is 13.8 Å². The second kappa shape index (κ2) is 8.61. The Morgan fingerprint density at radius 2 is 2.09 bits per heavy atom. The molecule has 1 saturated heterocycles. The van der Waals surface area contributed by atoms with E-state index in [1.807, 2.05) is 0 Å². The highest BCUT2D eigenvalue weighted by Crippen LogP contribution is 2.35. The maximum atomic E-state index is 11.3. The summed E-state index contributed by atoms with van der Waals surface area (Å²) in [6.45, 7) is 4.18. The van der Waals surface area contributed by atoms with E-state index in [0.29, 0.717) is 0 Å². The standard InChI is InChI=1S/C12H19N5O5S/c1-5-8(4-20-6(2)18)22-11(23-12(13)14)10(21-7(3)19)9(5)16-17-15/h5,8-11H,4H2,1-3H3,(H3,13,14)/t5-,8?,9?,10-,11-/m0/s1. The number of esters is 2. The Morgan fingerprint density at radius 3 is 2.57 bits per heavy atom. The zero-order chi connectivity index (χ0) is 17.6. The molecule has 0 bridgehead atoms. The number of hydrogen-bond donors (Lipinski definition) is 2. The second-order valence-electron chi connectivity index (χ2n) is 4.96. The molecule has 23 heavy (non-hydrogen) atoms. The Morgan fingerprint density at radius 1 is 1.43 bits per heavy atom. The third-order valence-corrected chi connectivity index (χ3v) is 4.09. The van der Waals surface area contributed by atoms with Crippen molar-refractivity contribution in [2.45, 2.75) is 44.5 Å². The number of hydrogen-bond acceptors (Lipinski definition) is 8. The Hall–Kier alpha value is -1.97. The van der Waals surface area contributed by atoms with E-state index >= 15 is 0 Å². The highest BCUT2D eigenvalue weighted by molar-refractivity contribution is 8.14. The molecular weight excluding hydrogens is 326 g/mol. The minimum absolute atomic E-state index is 0.0459. The van der Waals surface area contributed by atoms with E-state index in [2.05, 4.69) is 10.0 Å². The largest absolute Gasteiger partial charge is 0.463 e. The van der Waals surface area contributed by atoms with Gasteiger partial charge in [-0.05, 0) is 11.4 Å². The lowest BCUT2D eigenvalue weighted by molar-refractivity contribution is -0.176. The molecule has 0 radical (unpaired) electrons. The van der Waals surface area contributed by atoms with Crippen LogP contribution in [0.3, 0.4) is 0 Å². The Kier molecular flexibility index (Phi) is 7.14. The van der Waals surface area contributed by atoms with Crippen LogP contribution in [0.4, 0.5) is 0 Å². The maximum Gasteiger partial charge on any atom is 0.303 e. The minimum Gasteiger partial charge on any atom is -0.463 e. The lowest BCUT2D eigenvalue weighted by Gasteiger charge is -2.42. The topological polar surface area (TPSA) is 160 Å². The molecule has 0 aliphatic carbocycles. The Bertz CT molecular complexity index is 524. The molecule has 0 spiro atoms. The van der Waals surface area contributed by atoms with E-state index < -0.39 is 35.6 Å². The number of rotatable bonds is 5. The molecule has 1 heterocycles. The number of carbonyl (C=O) groups is 2. The van der Waals surface area contributed by atoms with Crippen LogP contribution in [-0.4, -0.2) is 47.4 Å². The molecule has 2 unspecified atom stereocenters. The number of carbonyl (C=O) groups excluding carboxylic acids is 2. The number of ether oxygens (including phenoxy) is 3. The van der Waals surface area contributed by atoms with Gasteiger partial charge in [-0.1, -0.05) is 23.8 Å². The van der Waals surface area contributed by atoms with E-state index in [1.54, 1.807) is 6.92 Å². The van der Waals surface area contributed by atoms with Crippen molar-refractivity contribution >= 4 is 28.9 Å². The monoisotopic (exact) mass is 345 g/mol. The van der Waals surface area contributed by atoms with Crippen molar-refractivity contribution in [1.29, 1.82) is 5.41 Å². The molecule has 1 aliphatic rings. The lowest BCUT2D eigenvalue weighted by atomic mass is 9.89. The van der Waals surface area contributed by atoms with Crippen LogP contribution in [0.5, 0.6) is 0 Å². The highest BCUT2D eigenvalue weighted by atomic mass is 32.2. The van der Waals surface area contributed by atoms with Gasteiger partial charge in [-0.15, -0.1) is 0 Å². The summed E-state index contributed by atoms with van der Waals surface area (Å²) in [6, 6.07) is -0.741. The van der Waals surface area contributed by atoms with Crippen LogP contribution < -0.4 is 5.73 Å². The summed E-state index contributed by atoms with van der Waals surface area (Å²) in [5.74, 6) is -1.42. The first kappa shape index (κ1) is 19.1. The van der Waals surface area contributed by atoms with E-state index in [4.69, 9.17) is 30.9 Å². The SMILES string of the molecule is CC(=O)OCC1O[C@@H](SC(=N)N)[C@@H](OC(C)=O)C(N=[N+]=[N-])[C@H]1C. The summed E-state index contributed by atoms with van der Waals surface area (Å²) < 4.78 is 15.9. The molecule has 3 N–H and O–H groups in total. The summed E-state index contributed by atoms with van der Waals surface area (Å²) >= 11 is 0.833. The highest BCUT2D eigenvalue weighted by Gasteiger charge is 2.46. The van der Waals surface area contributed by atoms with Crippen LogP contribution in [0, 0.1) is 11.3 Å². The molecule has 0 aromatic rings. The summed E-state index contributed by atoms with van der Waals surface area (Å²) in [5.41, 5.74) is 13.3. The average Bonchev–Trinajstić information content (AvgIpc) is 2.43. The third kappa shape index (κ3) is 5.62. The number of nitrogens with one attached hydrogen (secondary N) is 1. The first-order valence-electron chi connectivity index (χ1n) is 6.77. The van der Waals surface area contributed by atoms with Crippen LogP contribution in [0.2, 0.25) is 0 Å². The van der Waals surface area contributed by atoms with E-state index in [9.17, 15) is 9.59 Å². The summed E-state index contributed by atoms with van der Waals surface area (Å²) in [7, 11) is 0. The number of nitrogens with zero attached hydrogens (tertiary/aromatic N) is 3. The van der Waals surface area contributed by atoms with Crippen LogP contribution in [0.15, 0.2) is 5.11 Å². The molecule has 0 amide bonds. The van der Waals surface area contributed by atoms with Gasteiger partial charge in [0, 0.05) is 18.8 Å². The lowest BCUT2D eigenvalue weighted by Crippen LogP contribution is -2.54. The normalized spacial score (nSPS) is 30.0. The minimum atomic E-state index is -0.902. The molecule has 128 valence electrons. The van der Waals surface area contributed by atoms with Crippen molar-refractivity contribution in [2.75, 3.05) is 6.61 Å². The van der Waals surface area contributed by atoms with Gasteiger partial charge in [0.25, 0.3) is 0 Å². The van der Waals surface area contributed by atoms with Gasteiger partial charge in [-0.2, -0.15) is 0 Å². The number of thioether (sulfide) groups is 1. The van der Waals surface area contributed by atoms with Gasteiger partial charge in [-0.25, -0.2) is 0 Å². The Balaban J connectivity index is 3.06. The van der Waals surface area contributed by atoms with Crippen LogP contribution in [0.1, 0.15) is 20.8 Å². The van der Waals surface area contributed by atoms with Gasteiger partial charge in [0.1, 0.15) is 18.1 Å². The fourth-order valence-corrected chi connectivity index (χ4v) is 3.01. The molecule has 5 atom stereocenters. The summed E-state index contributed by atoms with van der Waals surface area (Å²) in [5, 5.41) is 10.8. The number of amidine groups is 1. The van der Waals surface area contributed by atoms with Crippen molar-refractivity contribution in [3.8, 4) is 0 Å². The molecule has 11 heteroatoms. The average molecular weight is 345 g/mol. The van der Waals surface area contributed by atoms with Crippen molar-refractivity contribution < 1.29 is 23.8 Å². The molecule has 1 fully saturated rings. The van der Waals surface area contributed by atoms with Gasteiger partial charge in [0.2, 0.25) is 0 Å². The predicted octanol–water partition coefficient (Wildman–Crippen LogP) is 1.15. The summed E-state index contributed by atoms with van der Waals surface area (Å²) in [6.07, 6.45) is -1.49. The molecule has 0 saturated carbocycles. The zero-order valence-electron chi connectivity index (χ0n) is 13.0. The molecule has 0 aromatic heterocycles. The quantitative estimate of drug-likeness (QED) is 0.188. The third-order valence-electron chi connectivity index (χ3n) is 3.22. The molecular formula is C12H19N5O5S.